The van der Waals surface area contributed by atoms with Gasteiger partial charge in [-0.2, -0.15) is 4.99 Å². The summed E-state index contributed by atoms with van der Waals surface area (Å²) >= 11 is 0. The maximum atomic E-state index is 10.4. The van der Waals surface area contributed by atoms with E-state index in [0.717, 1.165) is 29.3 Å². The van der Waals surface area contributed by atoms with Gasteiger partial charge in [-0.05, 0) is 30.5 Å². The molecule has 3 heteroatoms. The summed E-state index contributed by atoms with van der Waals surface area (Å²) in [4.78, 5) is 18.7. The largest absolute Gasteiger partial charge is 0.256 e. The summed E-state index contributed by atoms with van der Waals surface area (Å²) in [6.07, 6.45) is 5.32. The van der Waals surface area contributed by atoms with E-state index in [2.05, 4.69) is 16.0 Å². The Balaban J connectivity index is 2.15. The first-order valence-electron chi connectivity index (χ1n) is 5.28. The van der Waals surface area contributed by atoms with Gasteiger partial charge in [0.2, 0.25) is 6.08 Å². The first kappa shape index (κ1) is 9.25. The fourth-order valence-electron chi connectivity index (χ4n) is 2.00. The highest BCUT2D eigenvalue weighted by molar-refractivity contribution is 5.79. The lowest BCUT2D eigenvalue weighted by Gasteiger charge is -2.08. The van der Waals surface area contributed by atoms with Gasteiger partial charge < -0.3 is 0 Å². The Labute approximate surface area is 92.8 Å². The van der Waals surface area contributed by atoms with E-state index >= 15 is 0 Å². The SMILES string of the molecule is O=C=NC1(c2cnc3ccccc3c2)CC1. The molecule has 1 heterocycles. The summed E-state index contributed by atoms with van der Waals surface area (Å²) in [5.74, 6) is 0. The van der Waals surface area contributed by atoms with Gasteiger partial charge in [-0.1, -0.05) is 18.2 Å². The molecule has 0 atom stereocenters. The molecule has 0 spiro atoms. The van der Waals surface area contributed by atoms with E-state index in [1.807, 2.05) is 30.5 Å². The van der Waals surface area contributed by atoms with Crippen molar-refractivity contribution in [3.8, 4) is 0 Å². The van der Waals surface area contributed by atoms with E-state index < -0.39 is 0 Å². The van der Waals surface area contributed by atoms with Crippen LogP contribution in [-0.2, 0) is 10.3 Å². The fraction of sp³-hybridized carbons (Fsp3) is 0.231. The van der Waals surface area contributed by atoms with Crippen LogP contribution in [0.25, 0.3) is 10.9 Å². The molecule has 0 unspecified atom stereocenters. The maximum Gasteiger partial charge on any atom is 0.235 e. The third kappa shape index (κ3) is 1.34. The van der Waals surface area contributed by atoms with Crippen molar-refractivity contribution in [3.63, 3.8) is 0 Å². The van der Waals surface area contributed by atoms with Crippen LogP contribution in [0.15, 0.2) is 41.5 Å². The second-order valence-electron chi connectivity index (χ2n) is 4.15. The normalized spacial score (nSPS) is 16.8. The number of aliphatic imine (C=N–C) groups is 1. The molecule has 3 nitrogen and oxygen atoms in total. The van der Waals surface area contributed by atoms with Crippen LogP contribution < -0.4 is 0 Å². The number of para-hydroxylation sites is 1. The average Bonchev–Trinajstić information content (AvgIpc) is 3.10. The Bertz CT molecular complexity index is 596. The van der Waals surface area contributed by atoms with Gasteiger partial charge in [-0.25, -0.2) is 4.79 Å². The third-order valence-corrected chi connectivity index (χ3v) is 3.11. The molecule has 0 saturated heterocycles. The second-order valence-corrected chi connectivity index (χ2v) is 4.15. The summed E-state index contributed by atoms with van der Waals surface area (Å²) in [6, 6.07) is 10.0. The zero-order valence-corrected chi connectivity index (χ0v) is 8.68. The second kappa shape index (κ2) is 3.26. The van der Waals surface area contributed by atoms with Gasteiger partial charge in [0.05, 0.1) is 11.1 Å². The number of aromatic nitrogens is 1. The highest BCUT2D eigenvalue weighted by atomic mass is 16.1. The zero-order valence-electron chi connectivity index (χ0n) is 8.68. The predicted octanol–water partition coefficient (Wildman–Crippen LogP) is 2.56. The summed E-state index contributed by atoms with van der Waals surface area (Å²) in [5, 5.41) is 1.09. The van der Waals surface area contributed by atoms with Crippen LogP contribution in [0.3, 0.4) is 0 Å². The van der Waals surface area contributed by atoms with Gasteiger partial charge in [0.25, 0.3) is 0 Å². The summed E-state index contributed by atoms with van der Waals surface area (Å²) < 4.78 is 0. The third-order valence-electron chi connectivity index (χ3n) is 3.11. The molecule has 0 radical (unpaired) electrons. The number of carbonyl (C=O) groups excluding carboxylic acids is 1. The van der Waals surface area contributed by atoms with E-state index in [-0.39, 0.29) is 5.54 Å². The van der Waals surface area contributed by atoms with E-state index in [0.29, 0.717) is 0 Å². The smallest absolute Gasteiger partial charge is 0.235 e. The van der Waals surface area contributed by atoms with Crippen molar-refractivity contribution >= 4 is 17.0 Å². The van der Waals surface area contributed by atoms with Crippen LogP contribution in [0.4, 0.5) is 0 Å². The Kier molecular flexibility index (Phi) is 1.88. The molecule has 1 aliphatic rings. The lowest BCUT2D eigenvalue weighted by molar-refractivity contribution is 0.556. The average molecular weight is 210 g/mol. The van der Waals surface area contributed by atoms with Crippen molar-refractivity contribution in [3.05, 3.63) is 42.1 Å². The van der Waals surface area contributed by atoms with Crippen LogP contribution in [0, 0.1) is 0 Å². The number of isocyanates is 1. The van der Waals surface area contributed by atoms with Crippen LogP contribution in [0.5, 0.6) is 0 Å². The van der Waals surface area contributed by atoms with E-state index in [4.69, 9.17) is 0 Å². The molecule has 78 valence electrons. The lowest BCUT2D eigenvalue weighted by atomic mass is 10.1. The first-order valence-corrected chi connectivity index (χ1v) is 5.28. The molecule has 0 bridgehead atoms. The number of hydrogen-bond acceptors (Lipinski definition) is 3. The molecule has 16 heavy (non-hydrogen) atoms. The molecule has 1 saturated carbocycles. The predicted molar refractivity (Wildman–Crippen MR) is 60.8 cm³/mol. The molecule has 2 aromatic rings. The first-order chi connectivity index (χ1) is 7.84. The van der Waals surface area contributed by atoms with Crippen LogP contribution in [-0.4, -0.2) is 11.1 Å². The molecule has 0 N–H and O–H groups in total. The van der Waals surface area contributed by atoms with Crippen molar-refractivity contribution < 1.29 is 4.79 Å². The molecular weight excluding hydrogens is 200 g/mol. The number of pyridine rings is 1. The van der Waals surface area contributed by atoms with E-state index in [1.54, 1.807) is 6.08 Å². The molecule has 1 aromatic heterocycles. The monoisotopic (exact) mass is 210 g/mol. The minimum Gasteiger partial charge on any atom is -0.256 e. The van der Waals surface area contributed by atoms with Gasteiger partial charge >= 0.3 is 0 Å². The number of rotatable bonds is 2. The zero-order chi connectivity index (χ0) is 11.0. The molecular formula is C13H10N2O. The van der Waals surface area contributed by atoms with E-state index in [9.17, 15) is 4.79 Å². The summed E-state index contributed by atoms with van der Waals surface area (Å²) in [7, 11) is 0. The Morgan fingerprint density at radius 2 is 2.12 bits per heavy atom. The number of fused-ring (bicyclic) bond motifs is 1. The molecule has 1 aromatic carbocycles. The van der Waals surface area contributed by atoms with Gasteiger partial charge in [0, 0.05) is 11.6 Å². The van der Waals surface area contributed by atoms with Crippen LogP contribution in [0.1, 0.15) is 18.4 Å². The van der Waals surface area contributed by atoms with Gasteiger partial charge in [0.15, 0.2) is 0 Å². The molecule has 1 aliphatic carbocycles. The number of benzene rings is 1. The summed E-state index contributed by atoms with van der Waals surface area (Å²) in [5.41, 5.74) is 1.67. The van der Waals surface area contributed by atoms with Crippen molar-refractivity contribution in [2.75, 3.05) is 0 Å². The highest BCUT2D eigenvalue weighted by Crippen LogP contribution is 2.49. The Hall–Kier alpha value is -1.99. The molecule has 0 amide bonds. The minimum atomic E-state index is -0.321. The highest BCUT2D eigenvalue weighted by Gasteiger charge is 2.45. The maximum absolute atomic E-state index is 10.4. The molecule has 1 fully saturated rings. The quantitative estimate of drug-likeness (QED) is 0.564. The Morgan fingerprint density at radius 1 is 1.31 bits per heavy atom. The Morgan fingerprint density at radius 3 is 2.88 bits per heavy atom. The molecule has 0 aliphatic heterocycles. The van der Waals surface area contributed by atoms with Crippen molar-refractivity contribution in [2.45, 2.75) is 18.4 Å². The van der Waals surface area contributed by atoms with E-state index in [1.165, 1.54) is 0 Å². The number of hydrogen-bond donors (Lipinski definition) is 0. The van der Waals surface area contributed by atoms with Gasteiger partial charge in [-0.3, -0.25) is 4.98 Å². The number of nitrogens with zero attached hydrogens (tertiary/aromatic N) is 2. The topological polar surface area (TPSA) is 42.3 Å². The van der Waals surface area contributed by atoms with Gasteiger partial charge in [-0.15, -0.1) is 0 Å². The molecule has 3 rings (SSSR count). The minimum absolute atomic E-state index is 0.321. The van der Waals surface area contributed by atoms with Crippen LogP contribution >= 0.6 is 0 Å². The summed E-state index contributed by atoms with van der Waals surface area (Å²) in [6.45, 7) is 0. The van der Waals surface area contributed by atoms with Crippen molar-refractivity contribution in [1.82, 2.24) is 4.98 Å². The van der Waals surface area contributed by atoms with Crippen molar-refractivity contribution in [1.29, 1.82) is 0 Å². The van der Waals surface area contributed by atoms with Crippen LogP contribution in [0.2, 0.25) is 0 Å². The van der Waals surface area contributed by atoms with Gasteiger partial charge in [0.1, 0.15) is 0 Å². The van der Waals surface area contributed by atoms with Crippen molar-refractivity contribution in [2.24, 2.45) is 4.99 Å². The standard InChI is InChI=1S/C13H10N2O/c16-9-15-13(5-6-13)11-7-10-3-1-2-4-12(10)14-8-11/h1-4,7-8H,5-6H2. The fourth-order valence-corrected chi connectivity index (χ4v) is 2.00. The lowest BCUT2D eigenvalue weighted by Crippen LogP contribution is -2.02.